The van der Waals surface area contributed by atoms with Gasteiger partial charge in [0.15, 0.2) is 0 Å². The molecule has 0 aliphatic heterocycles. The third-order valence-corrected chi connectivity index (χ3v) is 3.19. The summed E-state index contributed by atoms with van der Waals surface area (Å²) in [5, 5.41) is 3.42. The molecule has 0 aromatic heterocycles. The molecule has 0 aliphatic rings. The Balaban J connectivity index is 2.11. The van der Waals surface area contributed by atoms with Crippen LogP contribution in [0.25, 0.3) is 0 Å². The quantitative estimate of drug-likeness (QED) is 0.855. The maximum absolute atomic E-state index is 13.1. The normalized spacial score (nSPS) is 10.4. The third-order valence-electron chi connectivity index (χ3n) is 2.90. The number of rotatable bonds is 5. The minimum absolute atomic E-state index is 0.137. The van der Waals surface area contributed by atoms with Gasteiger partial charge in [-0.25, -0.2) is 4.39 Å². The highest BCUT2D eigenvalue weighted by Crippen LogP contribution is 2.26. The van der Waals surface area contributed by atoms with E-state index in [2.05, 4.69) is 5.32 Å². The topological polar surface area (TPSA) is 21.3 Å². The van der Waals surface area contributed by atoms with Crippen molar-refractivity contribution < 1.29 is 9.13 Å². The Bertz CT molecular complexity index is 601. The zero-order chi connectivity index (χ0) is 14.5. The van der Waals surface area contributed by atoms with Crippen LogP contribution in [-0.4, -0.2) is 6.61 Å². The van der Waals surface area contributed by atoms with E-state index in [4.69, 9.17) is 16.3 Å². The summed E-state index contributed by atoms with van der Waals surface area (Å²) < 4.78 is 18.7. The second kappa shape index (κ2) is 6.62. The molecule has 0 spiro atoms. The lowest BCUT2D eigenvalue weighted by molar-refractivity contribution is 0.341. The molecule has 0 unspecified atom stereocenters. The summed E-state index contributed by atoms with van der Waals surface area (Å²) in [6, 6.07) is 10.7. The van der Waals surface area contributed by atoms with Crippen LogP contribution in [0.5, 0.6) is 5.75 Å². The number of benzene rings is 2. The fraction of sp³-hybridized carbons (Fsp3) is 0.250. The molecule has 2 aromatic carbocycles. The van der Waals surface area contributed by atoms with E-state index in [1.807, 2.05) is 32.0 Å². The number of nitrogens with one attached hydrogen (secondary N) is 1. The molecule has 2 rings (SSSR count). The summed E-state index contributed by atoms with van der Waals surface area (Å²) in [6.45, 7) is 5.14. The fourth-order valence-electron chi connectivity index (χ4n) is 1.90. The molecule has 0 fully saturated rings. The molecule has 0 bridgehead atoms. The van der Waals surface area contributed by atoms with Gasteiger partial charge in [0.2, 0.25) is 0 Å². The van der Waals surface area contributed by atoms with E-state index >= 15 is 0 Å². The number of halogens is 2. The van der Waals surface area contributed by atoms with E-state index < -0.39 is 5.82 Å². The van der Waals surface area contributed by atoms with Crippen molar-refractivity contribution in [3.8, 4) is 5.75 Å². The van der Waals surface area contributed by atoms with Gasteiger partial charge >= 0.3 is 0 Å². The Morgan fingerprint density at radius 2 is 2.00 bits per heavy atom. The zero-order valence-electron chi connectivity index (χ0n) is 11.5. The molecule has 4 heteroatoms. The average Bonchev–Trinajstić information content (AvgIpc) is 2.42. The maximum Gasteiger partial charge on any atom is 0.142 e. The Kier molecular flexibility index (Phi) is 4.85. The van der Waals surface area contributed by atoms with Crippen molar-refractivity contribution >= 4 is 17.3 Å². The predicted octanol–water partition coefficient (Wildman–Crippen LogP) is 4.80. The van der Waals surface area contributed by atoms with Crippen molar-refractivity contribution in [1.82, 2.24) is 0 Å². The van der Waals surface area contributed by atoms with Gasteiger partial charge in [0, 0.05) is 6.54 Å². The van der Waals surface area contributed by atoms with Gasteiger partial charge in [0.25, 0.3) is 0 Å². The molecular weight excluding hydrogens is 277 g/mol. The smallest absolute Gasteiger partial charge is 0.142 e. The Morgan fingerprint density at radius 1 is 1.20 bits per heavy atom. The van der Waals surface area contributed by atoms with Crippen LogP contribution in [0.15, 0.2) is 36.4 Å². The molecule has 0 heterocycles. The van der Waals surface area contributed by atoms with Gasteiger partial charge in [-0.3, -0.25) is 0 Å². The molecule has 0 aliphatic carbocycles. The Hall–Kier alpha value is -1.74. The van der Waals surface area contributed by atoms with E-state index in [1.54, 1.807) is 12.1 Å². The maximum atomic E-state index is 13.1. The summed E-state index contributed by atoms with van der Waals surface area (Å²) >= 11 is 5.77. The van der Waals surface area contributed by atoms with Crippen LogP contribution in [0.1, 0.15) is 18.1 Å². The largest absolute Gasteiger partial charge is 0.492 e. The summed E-state index contributed by atoms with van der Waals surface area (Å²) in [5.74, 6) is 0.418. The van der Waals surface area contributed by atoms with Gasteiger partial charge in [-0.15, -0.1) is 0 Å². The van der Waals surface area contributed by atoms with Gasteiger partial charge in [-0.05, 0) is 49.2 Å². The molecule has 0 radical (unpaired) electrons. The van der Waals surface area contributed by atoms with Crippen LogP contribution >= 0.6 is 11.6 Å². The minimum Gasteiger partial charge on any atom is -0.492 e. The van der Waals surface area contributed by atoms with Crippen LogP contribution in [0.2, 0.25) is 5.02 Å². The van der Waals surface area contributed by atoms with E-state index in [9.17, 15) is 4.39 Å². The van der Waals surface area contributed by atoms with Crippen LogP contribution in [0.4, 0.5) is 10.1 Å². The van der Waals surface area contributed by atoms with Crippen LogP contribution in [0, 0.1) is 12.7 Å². The number of aryl methyl sites for hydroxylation is 1. The lowest BCUT2D eigenvalue weighted by Gasteiger charge is -2.13. The molecule has 0 saturated carbocycles. The van der Waals surface area contributed by atoms with Crippen molar-refractivity contribution in [2.75, 3.05) is 11.9 Å². The molecule has 1 N–H and O–H groups in total. The highest BCUT2D eigenvalue weighted by atomic mass is 35.5. The third kappa shape index (κ3) is 3.64. The minimum atomic E-state index is -0.402. The van der Waals surface area contributed by atoms with Crippen molar-refractivity contribution in [1.29, 1.82) is 0 Å². The lowest BCUT2D eigenvalue weighted by atomic mass is 10.2. The fourth-order valence-corrected chi connectivity index (χ4v) is 2.10. The number of ether oxygens (including phenoxy) is 1. The van der Waals surface area contributed by atoms with E-state index in [-0.39, 0.29) is 5.02 Å². The zero-order valence-corrected chi connectivity index (χ0v) is 12.3. The average molecular weight is 294 g/mol. The summed E-state index contributed by atoms with van der Waals surface area (Å²) in [4.78, 5) is 0. The van der Waals surface area contributed by atoms with E-state index in [1.165, 1.54) is 6.07 Å². The first kappa shape index (κ1) is 14.7. The molecule has 0 amide bonds. The Morgan fingerprint density at radius 3 is 2.70 bits per heavy atom. The van der Waals surface area contributed by atoms with Crippen molar-refractivity contribution in [2.24, 2.45) is 0 Å². The van der Waals surface area contributed by atoms with Gasteiger partial charge in [0.1, 0.15) is 11.6 Å². The van der Waals surface area contributed by atoms with Crippen LogP contribution < -0.4 is 10.1 Å². The SMILES string of the molecule is CCOc1cc(C)ccc1NCc1ccc(F)c(Cl)c1. The monoisotopic (exact) mass is 293 g/mol. The van der Waals surface area contributed by atoms with Crippen molar-refractivity contribution in [3.63, 3.8) is 0 Å². The summed E-state index contributed by atoms with van der Waals surface area (Å²) in [6.07, 6.45) is 0. The molecule has 20 heavy (non-hydrogen) atoms. The van der Waals surface area contributed by atoms with E-state index in [0.29, 0.717) is 13.2 Å². The number of hydrogen-bond donors (Lipinski definition) is 1. The standard InChI is InChI=1S/C16H17ClFNO/c1-3-20-16-8-11(2)4-7-15(16)19-10-12-5-6-14(18)13(17)9-12/h4-9,19H,3,10H2,1-2H3. The molecule has 2 nitrogen and oxygen atoms in total. The molecule has 0 atom stereocenters. The molecule has 0 saturated heterocycles. The number of hydrogen-bond acceptors (Lipinski definition) is 2. The van der Waals surface area contributed by atoms with Gasteiger partial charge < -0.3 is 10.1 Å². The summed E-state index contributed by atoms with van der Waals surface area (Å²) in [7, 11) is 0. The van der Waals surface area contributed by atoms with Gasteiger partial charge in [0.05, 0.1) is 17.3 Å². The lowest BCUT2D eigenvalue weighted by Crippen LogP contribution is -2.03. The van der Waals surface area contributed by atoms with E-state index in [0.717, 1.165) is 22.6 Å². The first-order chi connectivity index (χ1) is 9.60. The predicted molar refractivity (Wildman–Crippen MR) is 81.1 cm³/mol. The van der Waals surface area contributed by atoms with Crippen molar-refractivity contribution in [2.45, 2.75) is 20.4 Å². The molecular formula is C16H17ClFNO. The number of anilines is 1. The molecule has 2 aromatic rings. The first-order valence-corrected chi connectivity index (χ1v) is 6.89. The second-order valence-corrected chi connectivity index (χ2v) is 4.94. The summed E-state index contributed by atoms with van der Waals surface area (Å²) in [5.41, 5.74) is 2.97. The second-order valence-electron chi connectivity index (χ2n) is 4.53. The van der Waals surface area contributed by atoms with Crippen molar-refractivity contribution in [3.05, 3.63) is 58.4 Å². The van der Waals surface area contributed by atoms with Gasteiger partial charge in [-0.2, -0.15) is 0 Å². The van der Waals surface area contributed by atoms with Gasteiger partial charge in [-0.1, -0.05) is 23.7 Å². The van der Waals surface area contributed by atoms with Crippen LogP contribution in [0.3, 0.4) is 0 Å². The highest BCUT2D eigenvalue weighted by Gasteiger charge is 2.05. The first-order valence-electron chi connectivity index (χ1n) is 6.51. The Labute approximate surface area is 123 Å². The van der Waals surface area contributed by atoms with Crippen LogP contribution in [-0.2, 0) is 6.54 Å². The molecule has 106 valence electrons. The highest BCUT2D eigenvalue weighted by molar-refractivity contribution is 6.30.